The highest BCUT2D eigenvalue weighted by Gasteiger charge is 2.08. The van der Waals surface area contributed by atoms with Crippen molar-refractivity contribution >= 4 is 17.3 Å². The number of hydrogen-bond donors (Lipinski definition) is 2. The predicted octanol–water partition coefficient (Wildman–Crippen LogP) is 4.39. The lowest BCUT2D eigenvalue weighted by Gasteiger charge is -2.09. The Bertz CT molecular complexity index is 881. The van der Waals surface area contributed by atoms with Gasteiger partial charge in [0, 0.05) is 30.7 Å². The summed E-state index contributed by atoms with van der Waals surface area (Å²) >= 11 is 0. The van der Waals surface area contributed by atoms with Crippen LogP contribution < -0.4 is 15.4 Å². The van der Waals surface area contributed by atoms with Gasteiger partial charge in [-0.1, -0.05) is 36.4 Å². The molecule has 1 amide bonds. The van der Waals surface area contributed by atoms with Crippen molar-refractivity contribution in [3.63, 3.8) is 0 Å². The Labute approximate surface area is 159 Å². The SMILES string of the molecule is COc1cccc(NC(=O)c2cncc(NCCCc3ccccc3)c2)c1. The molecule has 0 aliphatic rings. The molecule has 2 N–H and O–H groups in total. The van der Waals surface area contributed by atoms with Gasteiger partial charge in [-0.3, -0.25) is 9.78 Å². The molecular weight excluding hydrogens is 338 g/mol. The molecule has 3 aromatic rings. The van der Waals surface area contributed by atoms with Gasteiger partial charge in [-0.25, -0.2) is 0 Å². The summed E-state index contributed by atoms with van der Waals surface area (Å²) in [5.74, 6) is 0.489. The van der Waals surface area contributed by atoms with Crippen LogP contribution in [0.2, 0.25) is 0 Å². The standard InChI is InChI=1S/C22H23N3O2/c1-27-21-11-5-10-19(14-21)25-22(26)18-13-20(16-23-15-18)24-12-6-9-17-7-3-2-4-8-17/h2-5,7-8,10-11,13-16,24H,6,9,12H2,1H3,(H,25,26). The molecule has 5 heteroatoms. The maximum Gasteiger partial charge on any atom is 0.257 e. The summed E-state index contributed by atoms with van der Waals surface area (Å²) in [6, 6.07) is 19.5. The maximum atomic E-state index is 12.5. The molecule has 2 aromatic carbocycles. The molecule has 0 saturated carbocycles. The molecule has 27 heavy (non-hydrogen) atoms. The van der Waals surface area contributed by atoms with E-state index < -0.39 is 0 Å². The van der Waals surface area contributed by atoms with Crippen molar-refractivity contribution in [2.24, 2.45) is 0 Å². The number of rotatable bonds is 8. The number of hydrogen-bond acceptors (Lipinski definition) is 4. The monoisotopic (exact) mass is 361 g/mol. The molecule has 0 saturated heterocycles. The maximum absolute atomic E-state index is 12.5. The van der Waals surface area contributed by atoms with E-state index in [1.807, 2.05) is 30.3 Å². The van der Waals surface area contributed by atoms with E-state index in [-0.39, 0.29) is 5.91 Å². The quantitative estimate of drug-likeness (QED) is 0.584. The first-order chi connectivity index (χ1) is 13.2. The number of benzene rings is 2. The Hall–Kier alpha value is -3.34. The number of nitrogens with one attached hydrogen (secondary N) is 2. The molecule has 0 atom stereocenters. The van der Waals surface area contributed by atoms with Crippen LogP contribution in [0.4, 0.5) is 11.4 Å². The van der Waals surface area contributed by atoms with E-state index in [9.17, 15) is 4.79 Å². The third-order valence-corrected chi connectivity index (χ3v) is 4.14. The summed E-state index contributed by atoms with van der Waals surface area (Å²) in [5.41, 5.74) is 3.34. The Morgan fingerprint density at radius 3 is 2.67 bits per heavy atom. The topological polar surface area (TPSA) is 63.2 Å². The third kappa shape index (κ3) is 5.57. The van der Waals surface area contributed by atoms with Crippen LogP contribution in [0.5, 0.6) is 5.75 Å². The number of carbonyl (C=O) groups is 1. The van der Waals surface area contributed by atoms with Gasteiger partial charge in [0.15, 0.2) is 0 Å². The minimum absolute atomic E-state index is 0.205. The molecule has 0 radical (unpaired) electrons. The number of pyridine rings is 1. The van der Waals surface area contributed by atoms with Gasteiger partial charge >= 0.3 is 0 Å². The molecule has 0 aliphatic carbocycles. The summed E-state index contributed by atoms with van der Waals surface area (Å²) < 4.78 is 5.17. The van der Waals surface area contributed by atoms with Gasteiger partial charge in [0.1, 0.15) is 5.75 Å². The van der Waals surface area contributed by atoms with Crippen molar-refractivity contribution in [1.29, 1.82) is 0 Å². The second kappa shape index (κ2) is 9.38. The van der Waals surface area contributed by atoms with Gasteiger partial charge in [0.25, 0.3) is 5.91 Å². The molecule has 5 nitrogen and oxygen atoms in total. The number of nitrogens with zero attached hydrogens (tertiary/aromatic N) is 1. The van der Waals surface area contributed by atoms with Crippen LogP contribution in [0, 0.1) is 0 Å². The summed E-state index contributed by atoms with van der Waals surface area (Å²) in [4.78, 5) is 16.6. The number of aryl methyl sites for hydroxylation is 1. The molecule has 3 rings (SSSR count). The van der Waals surface area contributed by atoms with Gasteiger partial charge in [-0.05, 0) is 36.6 Å². The number of methoxy groups -OCH3 is 1. The fourth-order valence-electron chi connectivity index (χ4n) is 2.73. The largest absolute Gasteiger partial charge is 0.497 e. The van der Waals surface area contributed by atoms with E-state index in [0.29, 0.717) is 17.0 Å². The highest BCUT2D eigenvalue weighted by Crippen LogP contribution is 2.18. The van der Waals surface area contributed by atoms with Crippen molar-refractivity contribution in [3.8, 4) is 5.75 Å². The van der Waals surface area contributed by atoms with Crippen molar-refractivity contribution < 1.29 is 9.53 Å². The zero-order chi connectivity index (χ0) is 18.9. The van der Waals surface area contributed by atoms with Crippen LogP contribution >= 0.6 is 0 Å². The van der Waals surface area contributed by atoms with E-state index in [1.165, 1.54) is 5.56 Å². The minimum Gasteiger partial charge on any atom is -0.497 e. The molecule has 0 unspecified atom stereocenters. The fourth-order valence-corrected chi connectivity index (χ4v) is 2.73. The van der Waals surface area contributed by atoms with Crippen LogP contribution in [0.15, 0.2) is 73.1 Å². The van der Waals surface area contributed by atoms with Gasteiger partial charge in [-0.15, -0.1) is 0 Å². The average molecular weight is 361 g/mol. The third-order valence-electron chi connectivity index (χ3n) is 4.14. The van der Waals surface area contributed by atoms with E-state index >= 15 is 0 Å². The molecule has 0 aliphatic heterocycles. The minimum atomic E-state index is -0.205. The zero-order valence-electron chi connectivity index (χ0n) is 15.3. The van der Waals surface area contributed by atoms with Crippen molar-refractivity contribution in [2.75, 3.05) is 24.3 Å². The number of anilines is 2. The summed E-state index contributed by atoms with van der Waals surface area (Å²) in [6.07, 6.45) is 5.30. The van der Waals surface area contributed by atoms with E-state index in [4.69, 9.17) is 4.74 Å². The number of amides is 1. The Morgan fingerprint density at radius 2 is 1.85 bits per heavy atom. The zero-order valence-corrected chi connectivity index (χ0v) is 15.3. The van der Waals surface area contributed by atoms with Crippen molar-refractivity contribution in [2.45, 2.75) is 12.8 Å². The lowest BCUT2D eigenvalue weighted by Crippen LogP contribution is -2.13. The van der Waals surface area contributed by atoms with Crippen molar-refractivity contribution in [1.82, 2.24) is 4.98 Å². The Kier molecular flexibility index (Phi) is 6.41. The molecule has 0 bridgehead atoms. The van der Waals surface area contributed by atoms with E-state index in [2.05, 4.69) is 39.9 Å². The van der Waals surface area contributed by atoms with Gasteiger partial charge in [-0.2, -0.15) is 0 Å². The average Bonchev–Trinajstić information content (AvgIpc) is 2.72. The lowest BCUT2D eigenvalue weighted by molar-refractivity contribution is 0.102. The molecule has 1 heterocycles. The second-order valence-electron chi connectivity index (χ2n) is 6.16. The lowest BCUT2D eigenvalue weighted by atomic mass is 10.1. The highest BCUT2D eigenvalue weighted by molar-refractivity contribution is 6.04. The Morgan fingerprint density at radius 1 is 1.00 bits per heavy atom. The number of aromatic nitrogens is 1. The van der Waals surface area contributed by atoms with Crippen LogP contribution in [0.3, 0.4) is 0 Å². The van der Waals surface area contributed by atoms with Gasteiger partial charge in [0.05, 0.1) is 18.4 Å². The van der Waals surface area contributed by atoms with Crippen LogP contribution in [-0.4, -0.2) is 24.5 Å². The first-order valence-electron chi connectivity index (χ1n) is 8.93. The first-order valence-corrected chi connectivity index (χ1v) is 8.93. The molecule has 0 fully saturated rings. The molecule has 0 spiro atoms. The number of ether oxygens (including phenoxy) is 1. The highest BCUT2D eigenvalue weighted by atomic mass is 16.5. The summed E-state index contributed by atoms with van der Waals surface area (Å²) in [6.45, 7) is 0.817. The molecule has 138 valence electrons. The van der Waals surface area contributed by atoms with Crippen molar-refractivity contribution in [3.05, 3.63) is 84.2 Å². The predicted molar refractivity (Wildman–Crippen MR) is 108 cm³/mol. The first kappa shape index (κ1) is 18.5. The smallest absolute Gasteiger partial charge is 0.257 e. The van der Waals surface area contributed by atoms with Gasteiger partial charge in [0.2, 0.25) is 0 Å². The second-order valence-corrected chi connectivity index (χ2v) is 6.16. The van der Waals surface area contributed by atoms with Crippen LogP contribution in [0.1, 0.15) is 22.3 Å². The van der Waals surface area contributed by atoms with Gasteiger partial charge < -0.3 is 15.4 Å². The van der Waals surface area contributed by atoms with E-state index in [1.54, 1.807) is 25.6 Å². The van der Waals surface area contributed by atoms with E-state index in [0.717, 1.165) is 25.1 Å². The fraction of sp³-hybridized carbons (Fsp3) is 0.182. The summed E-state index contributed by atoms with van der Waals surface area (Å²) in [5, 5.41) is 6.19. The van der Waals surface area contributed by atoms with Crippen LogP contribution in [0.25, 0.3) is 0 Å². The molecule has 1 aromatic heterocycles. The Balaban J connectivity index is 1.53. The number of carbonyl (C=O) groups excluding carboxylic acids is 1. The molecular formula is C22H23N3O2. The normalized spacial score (nSPS) is 10.3. The van der Waals surface area contributed by atoms with Crippen LogP contribution in [-0.2, 0) is 6.42 Å². The summed E-state index contributed by atoms with van der Waals surface area (Å²) in [7, 11) is 1.60.